The van der Waals surface area contributed by atoms with Gasteiger partial charge in [0.05, 0.1) is 16.7 Å². The second-order valence-corrected chi connectivity index (χ2v) is 6.18. The zero-order valence-corrected chi connectivity index (χ0v) is 13.5. The minimum Gasteiger partial charge on any atom is -0.442 e. The number of carbonyl (C=O) groups is 1. The number of hydrogen-bond acceptors (Lipinski definition) is 5. The van der Waals surface area contributed by atoms with Crippen molar-refractivity contribution in [2.75, 3.05) is 0 Å². The summed E-state index contributed by atoms with van der Waals surface area (Å²) >= 11 is 0. The Balaban J connectivity index is 2.44. The van der Waals surface area contributed by atoms with E-state index in [-0.39, 0.29) is 11.1 Å². The van der Waals surface area contributed by atoms with Gasteiger partial charge in [0.15, 0.2) is 0 Å². The van der Waals surface area contributed by atoms with E-state index in [4.69, 9.17) is 4.74 Å². The first-order valence-electron chi connectivity index (χ1n) is 7.02. The lowest BCUT2D eigenvalue weighted by Gasteiger charge is -2.18. The predicted molar refractivity (Wildman–Crippen MR) is 81.0 cm³/mol. The SMILES string of the molecule is CC(C)(C)OC(=O)n1cc(-c2cc([N+](=O)[O-])cc(C(F)(F)F)c2)cn1. The fraction of sp³-hybridized carbons (Fsp3) is 0.333. The largest absolute Gasteiger partial charge is 0.442 e. The molecule has 10 heteroatoms. The first kappa shape index (κ1) is 18.4. The van der Waals surface area contributed by atoms with Crippen LogP contribution in [0.15, 0.2) is 30.6 Å². The van der Waals surface area contributed by atoms with Crippen LogP contribution < -0.4 is 0 Å². The topological polar surface area (TPSA) is 87.3 Å². The number of non-ortho nitro benzene ring substituents is 1. The van der Waals surface area contributed by atoms with Crippen LogP contribution in [0.1, 0.15) is 26.3 Å². The first-order chi connectivity index (χ1) is 11.4. The van der Waals surface area contributed by atoms with Crippen molar-refractivity contribution in [2.45, 2.75) is 32.5 Å². The van der Waals surface area contributed by atoms with E-state index in [1.807, 2.05) is 0 Å². The van der Waals surface area contributed by atoms with Gasteiger partial charge >= 0.3 is 12.3 Å². The number of alkyl halides is 3. The number of nitro groups is 1. The molecule has 0 bridgehead atoms. The molecule has 2 aromatic rings. The first-order valence-corrected chi connectivity index (χ1v) is 7.02. The Morgan fingerprint density at radius 1 is 1.20 bits per heavy atom. The monoisotopic (exact) mass is 357 g/mol. The van der Waals surface area contributed by atoms with Gasteiger partial charge in [-0.3, -0.25) is 10.1 Å². The quantitative estimate of drug-likeness (QED) is 0.592. The summed E-state index contributed by atoms with van der Waals surface area (Å²) in [5.74, 6) is 0. The molecule has 0 unspecified atom stereocenters. The minimum atomic E-state index is -4.75. The molecule has 0 aliphatic carbocycles. The van der Waals surface area contributed by atoms with E-state index in [0.29, 0.717) is 6.07 Å². The summed E-state index contributed by atoms with van der Waals surface area (Å²) in [5.41, 5.74) is -2.63. The molecule has 1 aromatic heterocycles. The molecule has 0 radical (unpaired) electrons. The Kier molecular flexibility index (Phi) is 4.56. The zero-order valence-electron chi connectivity index (χ0n) is 13.5. The van der Waals surface area contributed by atoms with Gasteiger partial charge in [0.25, 0.3) is 5.69 Å². The average Bonchev–Trinajstić information content (AvgIpc) is 2.94. The molecule has 0 N–H and O–H groups in total. The van der Waals surface area contributed by atoms with Gasteiger partial charge in [0.1, 0.15) is 5.60 Å². The van der Waals surface area contributed by atoms with E-state index < -0.39 is 34.0 Å². The standard InChI is InChI=1S/C15H14F3N3O4/c1-14(2,3)25-13(22)20-8-10(7-19-20)9-4-11(15(16,17)18)6-12(5-9)21(23)24/h4-8H,1-3H3. The van der Waals surface area contributed by atoms with Crippen LogP contribution in [0.5, 0.6) is 0 Å². The van der Waals surface area contributed by atoms with E-state index in [9.17, 15) is 28.1 Å². The van der Waals surface area contributed by atoms with Crippen molar-refractivity contribution in [2.24, 2.45) is 0 Å². The lowest BCUT2D eigenvalue weighted by molar-refractivity contribution is -0.385. The van der Waals surface area contributed by atoms with Gasteiger partial charge in [-0.05, 0) is 32.4 Å². The number of halogens is 3. The summed E-state index contributed by atoms with van der Waals surface area (Å²) < 4.78 is 44.7. The number of hydrogen-bond donors (Lipinski definition) is 0. The molecular formula is C15H14F3N3O4. The highest BCUT2D eigenvalue weighted by Gasteiger charge is 2.33. The van der Waals surface area contributed by atoms with Crippen LogP contribution >= 0.6 is 0 Å². The fourth-order valence-electron chi connectivity index (χ4n) is 1.93. The van der Waals surface area contributed by atoms with Crippen molar-refractivity contribution in [1.29, 1.82) is 0 Å². The van der Waals surface area contributed by atoms with Crippen molar-refractivity contribution in [1.82, 2.24) is 9.78 Å². The Bertz CT molecular complexity index is 822. The second kappa shape index (κ2) is 6.19. The van der Waals surface area contributed by atoms with Crippen LogP contribution in [0, 0.1) is 10.1 Å². The van der Waals surface area contributed by atoms with Crippen LogP contribution in [0.2, 0.25) is 0 Å². The summed E-state index contributed by atoms with van der Waals surface area (Å²) in [5, 5.41) is 14.6. The van der Waals surface area contributed by atoms with Crippen molar-refractivity contribution < 1.29 is 27.6 Å². The van der Waals surface area contributed by atoms with Gasteiger partial charge < -0.3 is 4.74 Å². The molecule has 0 spiro atoms. The molecule has 25 heavy (non-hydrogen) atoms. The Labute approximate surface area is 140 Å². The number of nitrogens with zero attached hydrogens (tertiary/aromatic N) is 3. The number of rotatable bonds is 2. The van der Waals surface area contributed by atoms with E-state index in [0.717, 1.165) is 29.2 Å². The molecule has 0 atom stereocenters. The molecule has 1 aromatic carbocycles. The maximum absolute atomic E-state index is 12.9. The highest BCUT2D eigenvalue weighted by molar-refractivity contribution is 5.73. The smallest absolute Gasteiger partial charge is 0.435 e. The molecular weight excluding hydrogens is 343 g/mol. The third-order valence-corrected chi connectivity index (χ3v) is 2.95. The van der Waals surface area contributed by atoms with Gasteiger partial charge in [0, 0.05) is 23.9 Å². The van der Waals surface area contributed by atoms with Crippen LogP contribution in [0.4, 0.5) is 23.7 Å². The van der Waals surface area contributed by atoms with Crippen LogP contribution in [0.3, 0.4) is 0 Å². The van der Waals surface area contributed by atoms with Crippen LogP contribution in [-0.4, -0.2) is 26.4 Å². The average molecular weight is 357 g/mol. The van der Waals surface area contributed by atoms with E-state index in [2.05, 4.69) is 5.10 Å². The van der Waals surface area contributed by atoms with Crippen molar-refractivity contribution in [3.05, 3.63) is 46.3 Å². The van der Waals surface area contributed by atoms with Crippen LogP contribution in [-0.2, 0) is 10.9 Å². The molecule has 0 amide bonds. The summed E-state index contributed by atoms with van der Waals surface area (Å²) in [6, 6.07) is 2.18. The minimum absolute atomic E-state index is 0.0867. The molecule has 0 aliphatic heterocycles. The molecule has 0 fully saturated rings. The molecule has 1 heterocycles. The lowest BCUT2D eigenvalue weighted by atomic mass is 10.0. The lowest BCUT2D eigenvalue weighted by Crippen LogP contribution is -2.27. The molecule has 0 saturated carbocycles. The zero-order chi connectivity index (χ0) is 19.0. The van der Waals surface area contributed by atoms with Gasteiger partial charge in [0.2, 0.25) is 0 Å². The molecule has 0 saturated heterocycles. The molecule has 2 rings (SSSR count). The summed E-state index contributed by atoms with van der Waals surface area (Å²) in [7, 11) is 0. The number of benzene rings is 1. The summed E-state index contributed by atoms with van der Waals surface area (Å²) in [6.45, 7) is 4.93. The molecule has 0 aliphatic rings. The summed E-state index contributed by atoms with van der Waals surface area (Å²) in [4.78, 5) is 21.9. The number of carbonyl (C=O) groups excluding carboxylic acids is 1. The molecule has 134 valence electrons. The molecule has 7 nitrogen and oxygen atoms in total. The second-order valence-electron chi connectivity index (χ2n) is 6.18. The Hall–Kier alpha value is -2.91. The van der Waals surface area contributed by atoms with Crippen LogP contribution in [0.25, 0.3) is 11.1 Å². The highest BCUT2D eigenvalue weighted by atomic mass is 19.4. The normalized spacial score (nSPS) is 12.1. The fourth-order valence-corrected chi connectivity index (χ4v) is 1.93. The number of aromatic nitrogens is 2. The van der Waals surface area contributed by atoms with E-state index >= 15 is 0 Å². The Morgan fingerprint density at radius 2 is 1.84 bits per heavy atom. The van der Waals surface area contributed by atoms with Gasteiger partial charge in [-0.2, -0.15) is 23.0 Å². The van der Waals surface area contributed by atoms with E-state index in [1.54, 1.807) is 20.8 Å². The number of ether oxygens (including phenoxy) is 1. The van der Waals surface area contributed by atoms with Gasteiger partial charge in [-0.1, -0.05) is 0 Å². The summed E-state index contributed by atoms with van der Waals surface area (Å²) in [6.07, 6.45) is -3.29. The van der Waals surface area contributed by atoms with Crippen molar-refractivity contribution in [3.8, 4) is 11.1 Å². The maximum Gasteiger partial charge on any atom is 0.435 e. The predicted octanol–water partition coefficient (Wildman–Crippen LogP) is 4.26. The third kappa shape index (κ3) is 4.55. The highest BCUT2D eigenvalue weighted by Crippen LogP contribution is 2.35. The number of nitro benzene ring substituents is 1. The Morgan fingerprint density at radius 3 is 2.36 bits per heavy atom. The maximum atomic E-state index is 12.9. The van der Waals surface area contributed by atoms with Gasteiger partial charge in [-0.25, -0.2) is 4.79 Å². The third-order valence-electron chi connectivity index (χ3n) is 2.95. The van der Waals surface area contributed by atoms with Crippen molar-refractivity contribution >= 4 is 11.8 Å². The van der Waals surface area contributed by atoms with E-state index in [1.165, 1.54) is 0 Å². The van der Waals surface area contributed by atoms with Crippen molar-refractivity contribution in [3.63, 3.8) is 0 Å². The van der Waals surface area contributed by atoms with Gasteiger partial charge in [-0.15, -0.1) is 0 Å².